The highest BCUT2D eigenvalue weighted by atomic mass is 32.1. The molecule has 26 heavy (non-hydrogen) atoms. The van der Waals surface area contributed by atoms with Gasteiger partial charge >= 0.3 is 0 Å². The minimum absolute atomic E-state index is 0.141. The largest absolute Gasteiger partial charge is 0.396 e. The number of benzene rings is 1. The van der Waals surface area contributed by atoms with Crippen LogP contribution in [0.4, 0.5) is 0 Å². The van der Waals surface area contributed by atoms with E-state index in [1.54, 1.807) is 6.92 Å². The molecule has 0 aliphatic carbocycles. The molecule has 4 nitrogen and oxygen atoms in total. The fourth-order valence-electron chi connectivity index (χ4n) is 3.56. The number of ketones is 1. The monoisotopic (exact) mass is 372 g/mol. The standard InChI is InChI=1S/C21H28N2O2S/c1-16-3-5-18(6-4-16)13-23-9-8-22(14-20(23)7-10-24)12-19-11-21(17(2)25)26-15-19/h3-6,11,15,20,24H,7-10,12-14H2,1-2H3/t20-/m1/s1. The normalized spacial score (nSPS) is 19.0. The first-order chi connectivity index (χ1) is 12.5. The minimum Gasteiger partial charge on any atom is -0.396 e. The van der Waals surface area contributed by atoms with Gasteiger partial charge in [0.05, 0.1) is 4.88 Å². The first-order valence-corrected chi connectivity index (χ1v) is 10.1. The highest BCUT2D eigenvalue weighted by Crippen LogP contribution is 2.21. The number of nitrogens with zero attached hydrogens (tertiary/aromatic N) is 2. The van der Waals surface area contributed by atoms with Crippen molar-refractivity contribution in [2.75, 3.05) is 26.2 Å². The van der Waals surface area contributed by atoms with Crippen molar-refractivity contribution in [1.82, 2.24) is 9.80 Å². The highest BCUT2D eigenvalue weighted by Gasteiger charge is 2.26. The SMILES string of the molecule is CC(=O)c1cc(CN2CCN(Cc3ccc(C)cc3)[C@H](CCO)C2)cs1. The van der Waals surface area contributed by atoms with Crippen molar-refractivity contribution >= 4 is 17.1 Å². The smallest absolute Gasteiger partial charge is 0.169 e. The van der Waals surface area contributed by atoms with Crippen molar-refractivity contribution in [3.8, 4) is 0 Å². The summed E-state index contributed by atoms with van der Waals surface area (Å²) in [5, 5.41) is 11.6. The van der Waals surface area contributed by atoms with Gasteiger partial charge in [0.15, 0.2) is 5.78 Å². The lowest BCUT2D eigenvalue weighted by molar-refractivity contribution is 0.0500. The Morgan fingerprint density at radius 3 is 2.62 bits per heavy atom. The van der Waals surface area contributed by atoms with E-state index < -0.39 is 0 Å². The molecule has 3 rings (SSSR count). The van der Waals surface area contributed by atoms with Crippen LogP contribution in [0.25, 0.3) is 0 Å². The third kappa shape index (κ3) is 5.01. The number of aryl methyl sites for hydroxylation is 1. The van der Waals surface area contributed by atoms with Gasteiger partial charge in [0.2, 0.25) is 0 Å². The predicted molar refractivity (Wildman–Crippen MR) is 107 cm³/mol. The summed E-state index contributed by atoms with van der Waals surface area (Å²) in [5.74, 6) is 0.141. The summed E-state index contributed by atoms with van der Waals surface area (Å²) < 4.78 is 0. The summed E-state index contributed by atoms with van der Waals surface area (Å²) in [5.41, 5.74) is 3.83. The zero-order chi connectivity index (χ0) is 18.5. The van der Waals surface area contributed by atoms with Crippen LogP contribution in [0, 0.1) is 6.92 Å². The second-order valence-corrected chi connectivity index (χ2v) is 8.14. The van der Waals surface area contributed by atoms with E-state index in [0.29, 0.717) is 6.04 Å². The fourth-order valence-corrected chi connectivity index (χ4v) is 4.37. The van der Waals surface area contributed by atoms with Crippen LogP contribution in [0.1, 0.15) is 39.7 Å². The summed E-state index contributed by atoms with van der Waals surface area (Å²) in [6, 6.07) is 11.1. The number of aliphatic hydroxyl groups is 1. The first-order valence-electron chi connectivity index (χ1n) is 9.26. The predicted octanol–water partition coefficient (Wildman–Crippen LogP) is 3.33. The van der Waals surface area contributed by atoms with E-state index >= 15 is 0 Å². The van der Waals surface area contributed by atoms with Gasteiger partial charge in [-0.25, -0.2) is 0 Å². The van der Waals surface area contributed by atoms with Gasteiger partial charge < -0.3 is 5.11 Å². The Hall–Kier alpha value is -1.53. The molecule has 1 N–H and O–H groups in total. The summed E-state index contributed by atoms with van der Waals surface area (Å²) >= 11 is 1.53. The number of aliphatic hydroxyl groups excluding tert-OH is 1. The zero-order valence-corrected chi connectivity index (χ0v) is 16.5. The molecule has 0 bridgehead atoms. The van der Waals surface area contributed by atoms with Crippen LogP contribution in [0.2, 0.25) is 0 Å². The van der Waals surface area contributed by atoms with Gasteiger partial charge in [0.1, 0.15) is 0 Å². The number of carbonyl (C=O) groups is 1. The third-order valence-electron chi connectivity index (χ3n) is 5.06. The van der Waals surface area contributed by atoms with E-state index in [9.17, 15) is 9.90 Å². The molecule has 1 saturated heterocycles. The van der Waals surface area contributed by atoms with Crippen LogP contribution in [0.5, 0.6) is 0 Å². The Kier molecular flexibility index (Phi) is 6.59. The number of hydrogen-bond donors (Lipinski definition) is 1. The summed E-state index contributed by atoms with van der Waals surface area (Å²) in [4.78, 5) is 17.3. The number of thiophene rings is 1. The van der Waals surface area contributed by atoms with Crippen LogP contribution < -0.4 is 0 Å². The number of carbonyl (C=O) groups excluding carboxylic acids is 1. The second-order valence-electron chi connectivity index (χ2n) is 7.23. The molecule has 140 valence electrons. The number of hydrogen-bond acceptors (Lipinski definition) is 5. The van der Waals surface area contributed by atoms with E-state index in [2.05, 4.69) is 46.4 Å². The lowest BCUT2D eigenvalue weighted by atomic mass is 10.1. The van der Waals surface area contributed by atoms with E-state index in [-0.39, 0.29) is 12.4 Å². The molecular weight excluding hydrogens is 344 g/mol. The Bertz CT molecular complexity index is 726. The maximum absolute atomic E-state index is 11.5. The van der Waals surface area contributed by atoms with Crippen LogP contribution in [0.3, 0.4) is 0 Å². The van der Waals surface area contributed by atoms with Crippen LogP contribution in [0.15, 0.2) is 35.7 Å². The Balaban J connectivity index is 1.61. The van der Waals surface area contributed by atoms with E-state index in [1.165, 1.54) is 28.0 Å². The fraction of sp³-hybridized carbons (Fsp3) is 0.476. The minimum atomic E-state index is 0.141. The van der Waals surface area contributed by atoms with Crippen LogP contribution in [-0.2, 0) is 13.1 Å². The Morgan fingerprint density at radius 2 is 1.96 bits per heavy atom. The summed E-state index contributed by atoms with van der Waals surface area (Å²) in [7, 11) is 0. The Labute approximate surface area is 160 Å². The van der Waals surface area contributed by atoms with E-state index in [4.69, 9.17) is 0 Å². The molecule has 1 aromatic heterocycles. The maximum Gasteiger partial charge on any atom is 0.169 e. The van der Waals surface area contributed by atoms with Crippen molar-refractivity contribution in [2.45, 2.75) is 39.4 Å². The summed E-state index contributed by atoms with van der Waals surface area (Å²) in [6.45, 7) is 8.74. The zero-order valence-electron chi connectivity index (χ0n) is 15.6. The molecule has 0 amide bonds. The van der Waals surface area contributed by atoms with Gasteiger partial charge in [-0.05, 0) is 42.8 Å². The van der Waals surface area contributed by atoms with Gasteiger partial charge in [-0.1, -0.05) is 29.8 Å². The van der Waals surface area contributed by atoms with E-state index in [0.717, 1.165) is 44.0 Å². The number of piperazine rings is 1. The maximum atomic E-state index is 11.5. The first kappa shape index (κ1) is 19.2. The second kappa shape index (κ2) is 8.91. The van der Waals surface area contributed by atoms with Crippen molar-refractivity contribution in [1.29, 1.82) is 0 Å². The van der Waals surface area contributed by atoms with Crippen LogP contribution in [-0.4, -0.2) is 53.0 Å². The van der Waals surface area contributed by atoms with Crippen LogP contribution >= 0.6 is 11.3 Å². The molecule has 5 heteroatoms. The average Bonchev–Trinajstić information content (AvgIpc) is 3.08. The van der Waals surface area contributed by atoms with Crippen molar-refractivity contribution in [2.24, 2.45) is 0 Å². The lowest BCUT2D eigenvalue weighted by Gasteiger charge is -2.41. The molecule has 2 aromatic rings. The van der Waals surface area contributed by atoms with Gasteiger partial charge in [-0.3, -0.25) is 14.6 Å². The average molecular weight is 373 g/mol. The van der Waals surface area contributed by atoms with Gasteiger partial charge in [-0.2, -0.15) is 0 Å². The molecule has 2 heterocycles. The van der Waals surface area contributed by atoms with Gasteiger partial charge in [-0.15, -0.1) is 11.3 Å². The molecule has 1 aliphatic heterocycles. The third-order valence-corrected chi connectivity index (χ3v) is 6.14. The molecule has 1 aromatic carbocycles. The molecule has 1 atom stereocenters. The lowest BCUT2D eigenvalue weighted by Crippen LogP contribution is -2.52. The highest BCUT2D eigenvalue weighted by molar-refractivity contribution is 7.12. The van der Waals surface area contributed by atoms with Crippen molar-refractivity contribution < 1.29 is 9.90 Å². The molecular formula is C21H28N2O2S. The molecule has 1 fully saturated rings. The quantitative estimate of drug-likeness (QED) is 0.757. The number of Topliss-reactive ketones (excluding diaryl/α,β-unsaturated/α-hetero) is 1. The van der Waals surface area contributed by atoms with Gasteiger partial charge in [0.25, 0.3) is 0 Å². The van der Waals surface area contributed by atoms with Crippen molar-refractivity contribution in [3.05, 3.63) is 57.3 Å². The molecule has 1 aliphatic rings. The Morgan fingerprint density at radius 1 is 1.19 bits per heavy atom. The topological polar surface area (TPSA) is 43.8 Å². The molecule has 0 spiro atoms. The summed E-state index contributed by atoms with van der Waals surface area (Å²) in [6.07, 6.45) is 0.796. The van der Waals surface area contributed by atoms with E-state index in [1.807, 2.05) is 6.07 Å². The molecule has 0 saturated carbocycles. The van der Waals surface area contributed by atoms with Gasteiger partial charge in [0, 0.05) is 45.4 Å². The molecule has 0 radical (unpaired) electrons. The molecule has 0 unspecified atom stereocenters. The van der Waals surface area contributed by atoms with Crippen molar-refractivity contribution in [3.63, 3.8) is 0 Å². The number of rotatable bonds is 7.